The maximum Gasteiger partial charge on any atom is 0.133 e. The van der Waals surface area contributed by atoms with Crippen molar-refractivity contribution in [3.63, 3.8) is 0 Å². The summed E-state index contributed by atoms with van der Waals surface area (Å²) in [5, 5.41) is 0.486. The molecule has 0 saturated carbocycles. The molecule has 0 heterocycles. The highest BCUT2D eigenvalue weighted by Gasteiger charge is 2.27. The van der Waals surface area contributed by atoms with Crippen LogP contribution in [-0.4, -0.2) is 12.4 Å². The molecule has 84 valence electrons. The van der Waals surface area contributed by atoms with Crippen molar-refractivity contribution in [3.8, 4) is 5.75 Å². The Balaban J connectivity index is 3.31. The van der Waals surface area contributed by atoms with Crippen LogP contribution in [0, 0.1) is 11.6 Å². The van der Waals surface area contributed by atoms with Crippen molar-refractivity contribution >= 4 is 15.9 Å². The Hall–Kier alpha value is -0.640. The SMILES string of the molecule is COc1cc(F)c(C(C)(C)CBr)c(F)c1. The van der Waals surface area contributed by atoms with Crippen LogP contribution in [0.15, 0.2) is 12.1 Å². The lowest BCUT2D eigenvalue weighted by molar-refractivity contribution is 0.400. The highest BCUT2D eigenvalue weighted by molar-refractivity contribution is 9.09. The van der Waals surface area contributed by atoms with Gasteiger partial charge in [-0.05, 0) is 0 Å². The molecule has 0 aromatic heterocycles. The normalized spacial score (nSPS) is 11.6. The average Bonchev–Trinajstić information content (AvgIpc) is 2.16. The number of ether oxygens (including phenoxy) is 1. The van der Waals surface area contributed by atoms with E-state index in [1.807, 2.05) is 0 Å². The first kappa shape index (κ1) is 12.4. The maximum atomic E-state index is 13.6. The molecule has 0 spiro atoms. The number of rotatable bonds is 3. The van der Waals surface area contributed by atoms with Crippen molar-refractivity contribution < 1.29 is 13.5 Å². The summed E-state index contributed by atoms with van der Waals surface area (Å²) in [6, 6.07) is 2.39. The van der Waals surface area contributed by atoms with Crippen LogP contribution < -0.4 is 4.74 Å². The van der Waals surface area contributed by atoms with Gasteiger partial charge >= 0.3 is 0 Å². The fraction of sp³-hybridized carbons (Fsp3) is 0.455. The zero-order valence-corrected chi connectivity index (χ0v) is 10.5. The van der Waals surface area contributed by atoms with Gasteiger partial charge in [-0.2, -0.15) is 0 Å². The van der Waals surface area contributed by atoms with Crippen LogP contribution in [0.2, 0.25) is 0 Å². The molecule has 1 aromatic carbocycles. The third kappa shape index (κ3) is 2.48. The fourth-order valence-corrected chi connectivity index (χ4v) is 1.66. The Kier molecular flexibility index (Phi) is 3.71. The predicted octanol–water partition coefficient (Wildman–Crippen LogP) is 3.65. The molecule has 0 atom stereocenters. The lowest BCUT2D eigenvalue weighted by Gasteiger charge is -2.23. The van der Waals surface area contributed by atoms with Gasteiger partial charge in [-0.15, -0.1) is 0 Å². The van der Waals surface area contributed by atoms with E-state index in [9.17, 15) is 8.78 Å². The highest BCUT2D eigenvalue weighted by atomic mass is 79.9. The minimum atomic E-state index is -0.583. The van der Waals surface area contributed by atoms with Gasteiger partial charge in [0.15, 0.2) is 0 Å². The minimum Gasteiger partial charge on any atom is -0.497 e. The van der Waals surface area contributed by atoms with E-state index in [0.717, 1.165) is 0 Å². The van der Waals surface area contributed by atoms with Gasteiger partial charge in [0.2, 0.25) is 0 Å². The van der Waals surface area contributed by atoms with Gasteiger partial charge < -0.3 is 4.74 Å². The van der Waals surface area contributed by atoms with E-state index in [4.69, 9.17) is 4.74 Å². The van der Waals surface area contributed by atoms with Gasteiger partial charge in [-0.1, -0.05) is 29.8 Å². The van der Waals surface area contributed by atoms with Crippen LogP contribution in [0.4, 0.5) is 8.78 Å². The molecule has 1 nitrogen and oxygen atoms in total. The Bertz CT molecular complexity index is 341. The van der Waals surface area contributed by atoms with E-state index in [1.165, 1.54) is 19.2 Å². The minimum absolute atomic E-state index is 0.0835. The zero-order chi connectivity index (χ0) is 11.6. The van der Waals surface area contributed by atoms with E-state index in [1.54, 1.807) is 13.8 Å². The Labute approximate surface area is 96.6 Å². The van der Waals surface area contributed by atoms with Gasteiger partial charge in [0.05, 0.1) is 7.11 Å². The molecular formula is C11H13BrF2O. The standard InChI is InChI=1S/C11H13BrF2O/c1-11(2,6-12)10-8(13)4-7(15-3)5-9(10)14/h4-5H,6H2,1-3H3. The van der Waals surface area contributed by atoms with E-state index in [0.29, 0.717) is 5.33 Å². The zero-order valence-electron chi connectivity index (χ0n) is 8.90. The maximum absolute atomic E-state index is 13.6. The van der Waals surface area contributed by atoms with Gasteiger partial charge in [0, 0.05) is 28.4 Å². The summed E-state index contributed by atoms with van der Waals surface area (Å²) in [5.74, 6) is -0.952. The second kappa shape index (κ2) is 4.47. The predicted molar refractivity (Wildman–Crippen MR) is 59.7 cm³/mol. The first-order valence-corrected chi connectivity index (χ1v) is 5.64. The van der Waals surface area contributed by atoms with Crippen molar-refractivity contribution in [1.29, 1.82) is 0 Å². The van der Waals surface area contributed by atoms with Crippen LogP contribution in [0.1, 0.15) is 19.4 Å². The molecule has 0 radical (unpaired) electrons. The van der Waals surface area contributed by atoms with E-state index in [-0.39, 0.29) is 11.3 Å². The van der Waals surface area contributed by atoms with Crippen LogP contribution in [0.5, 0.6) is 5.75 Å². The van der Waals surface area contributed by atoms with Crippen LogP contribution in [0.3, 0.4) is 0 Å². The molecular weight excluding hydrogens is 266 g/mol. The quantitative estimate of drug-likeness (QED) is 0.767. The van der Waals surface area contributed by atoms with Gasteiger partial charge in [-0.3, -0.25) is 0 Å². The summed E-state index contributed by atoms with van der Waals surface area (Å²) in [6.07, 6.45) is 0. The van der Waals surface area contributed by atoms with Crippen molar-refractivity contribution in [2.24, 2.45) is 0 Å². The average molecular weight is 279 g/mol. The Morgan fingerprint density at radius 2 is 1.73 bits per heavy atom. The molecule has 0 bridgehead atoms. The summed E-state index contributed by atoms with van der Waals surface area (Å²) in [4.78, 5) is 0. The fourth-order valence-electron chi connectivity index (χ4n) is 1.38. The molecule has 0 unspecified atom stereocenters. The number of methoxy groups -OCH3 is 1. The smallest absolute Gasteiger partial charge is 0.133 e. The molecule has 0 saturated heterocycles. The molecule has 0 amide bonds. The summed E-state index contributed by atoms with van der Waals surface area (Å²) < 4.78 is 32.1. The summed E-state index contributed by atoms with van der Waals surface area (Å²) in [5.41, 5.74) is -0.499. The van der Waals surface area contributed by atoms with Crippen LogP contribution in [-0.2, 0) is 5.41 Å². The molecule has 0 fully saturated rings. The molecule has 15 heavy (non-hydrogen) atoms. The van der Waals surface area contributed by atoms with Gasteiger partial charge in [0.25, 0.3) is 0 Å². The summed E-state index contributed by atoms with van der Waals surface area (Å²) in [7, 11) is 1.38. The second-order valence-corrected chi connectivity index (χ2v) is 4.54. The van der Waals surface area contributed by atoms with E-state index >= 15 is 0 Å². The lowest BCUT2D eigenvalue weighted by atomic mass is 9.86. The Morgan fingerprint density at radius 3 is 2.07 bits per heavy atom. The van der Waals surface area contributed by atoms with E-state index < -0.39 is 17.0 Å². The third-order valence-electron chi connectivity index (χ3n) is 2.26. The van der Waals surface area contributed by atoms with Crippen molar-refractivity contribution in [2.45, 2.75) is 19.3 Å². The molecule has 0 aliphatic rings. The van der Waals surface area contributed by atoms with Crippen molar-refractivity contribution in [2.75, 3.05) is 12.4 Å². The van der Waals surface area contributed by atoms with Gasteiger partial charge in [0.1, 0.15) is 17.4 Å². The molecule has 1 rings (SSSR count). The van der Waals surface area contributed by atoms with Crippen LogP contribution in [0.25, 0.3) is 0 Å². The lowest BCUT2D eigenvalue weighted by Crippen LogP contribution is -2.22. The number of benzene rings is 1. The van der Waals surface area contributed by atoms with E-state index in [2.05, 4.69) is 15.9 Å². The summed E-state index contributed by atoms with van der Waals surface area (Å²) >= 11 is 3.25. The Morgan fingerprint density at radius 1 is 1.27 bits per heavy atom. The molecule has 1 aromatic rings. The first-order valence-electron chi connectivity index (χ1n) is 4.52. The van der Waals surface area contributed by atoms with Crippen molar-refractivity contribution in [3.05, 3.63) is 29.3 Å². The highest BCUT2D eigenvalue weighted by Crippen LogP contribution is 2.32. The van der Waals surface area contributed by atoms with Gasteiger partial charge in [-0.25, -0.2) is 8.78 Å². The topological polar surface area (TPSA) is 9.23 Å². The number of alkyl halides is 1. The molecule has 0 N–H and O–H groups in total. The monoisotopic (exact) mass is 278 g/mol. The number of halogens is 3. The third-order valence-corrected chi connectivity index (χ3v) is 3.66. The van der Waals surface area contributed by atoms with Crippen molar-refractivity contribution in [1.82, 2.24) is 0 Å². The molecule has 0 aliphatic heterocycles. The largest absolute Gasteiger partial charge is 0.497 e. The number of hydrogen-bond acceptors (Lipinski definition) is 1. The second-order valence-electron chi connectivity index (χ2n) is 3.98. The summed E-state index contributed by atoms with van der Waals surface area (Å²) in [6.45, 7) is 3.55. The molecule has 0 aliphatic carbocycles. The molecule has 4 heteroatoms. The first-order chi connectivity index (χ1) is 6.92. The number of hydrogen-bond donors (Lipinski definition) is 0. The van der Waals surface area contributed by atoms with Crippen LogP contribution >= 0.6 is 15.9 Å².